The number of aliphatic hydroxyl groups is 1. The fraction of sp³-hybridized carbons (Fsp3) is 0.278. The van der Waals surface area contributed by atoms with E-state index in [9.17, 15) is 9.90 Å². The van der Waals surface area contributed by atoms with Crippen LogP contribution in [0.15, 0.2) is 36.4 Å². The van der Waals surface area contributed by atoms with Crippen molar-refractivity contribution < 1.29 is 9.90 Å². The summed E-state index contributed by atoms with van der Waals surface area (Å²) in [4.78, 5) is 11.7. The second-order valence-electron chi connectivity index (χ2n) is 5.75. The fourth-order valence-electron chi connectivity index (χ4n) is 2.84. The van der Waals surface area contributed by atoms with E-state index in [4.69, 9.17) is 0 Å². The molecule has 0 radical (unpaired) electrons. The molecule has 0 saturated carbocycles. The lowest BCUT2D eigenvalue weighted by Gasteiger charge is -2.24. The summed E-state index contributed by atoms with van der Waals surface area (Å²) in [6, 6.07) is 11.9. The number of carbonyl (C=O) groups is 1. The van der Waals surface area contributed by atoms with E-state index in [1.807, 2.05) is 44.2 Å². The molecule has 2 N–H and O–H groups in total. The van der Waals surface area contributed by atoms with Crippen molar-refractivity contribution in [3.05, 3.63) is 64.2 Å². The van der Waals surface area contributed by atoms with Gasteiger partial charge >= 0.3 is 0 Å². The van der Waals surface area contributed by atoms with Gasteiger partial charge in [0.1, 0.15) is 6.10 Å². The molecule has 108 valence electrons. The number of fused-ring (bicyclic) bond motifs is 1. The lowest BCUT2D eigenvalue weighted by Crippen LogP contribution is -2.21. The molecule has 2 aromatic rings. The summed E-state index contributed by atoms with van der Waals surface area (Å²) in [7, 11) is 0. The molecule has 2 aromatic carbocycles. The van der Waals surface area contributed by atoms with Crippen LogP contribution in [-0.4, -0.2) is 11.0 Å². The SMILES string of the molecule is Cc1ccc(C(O)c2cc(C)cc3c2NC(=O)CC3)cc1. The molecule has 21 heavy (non-hydrogen) atoms. The van der Waals surface area contributed by atoms with Gasteiger partial charge in [-0.15, -0.1) is 0 Å². The second kappa shape index (κ2) is 5.34. The molecule has 0 bridgehead atoms. The number of aliphatic hydroxyl groups excluding tert-OH is 1. The Hall–Kier alpha value is -2.13. The number of hydrogen-bond acceptors (Lipinski definition) is 2. The Bertz CT molecular complexity index is 689. The van der Waals surface area contributed by atoms with Gasteiger partial charge in [-0.25, -0.2) is 0 Å². The maximum atomic E-state index is 11.7. The number of amides is 1. The molecule has 1 amide bonds. The van der Waals surface area contributed by atoms with Gasteiger partial charge in [0, 0.05) is 12.0 Å². The number of rotatable bonds is 2. The van der Waals surface area contributed by atoms with Crippen molar-refractivity contribution >= 4 is 11.6 Å². The molecule has 1 heterocycles. The Morgan fingerprint density at radius 1 is 1.05 bits per heavy atom. The van der Waals surface area contributed by atoms with Crippen molar-refractivity contribution in [3.8, 4) is 0 Å². The topological polar surface area (TPSA) is 49.3 Å². The highest BCUT2D eigenvalue weighted by Gasteiger charge is 2.22. The van der Waals surface area contributed by atoms with Crippen LogP contribution in [0.1, 0.15) is 40.3 Å². The molecule has 3 heteroatoms. The average molecular weight is 281 g/mol. The standard InChI is InChI=1S/C18H19NO2/c1-11-3-5-13(6-4-11)18(21)15-10-12(2)9-14-7-8-16(20)19-17(14)15/h3-6,9-10,18,21H,7-8H2,1-2H3,(H,19,20). The number of carbonyl (C=O) groups excluding carboxylic acids is 1. The monoisotopic (exact) mass is 281 g/mol. The molecule has 3 nitrogen and oxygen atoms in total. The van der Waals surface area contributed by atoms with E-state index >= 15 is 0 Å². The summed E-state index contributed by atoms with van der Waals surface area (Å²) in [5, 5.41) is 13.6. The van der Waals surface area contributed by atoms with E-state index in [1.165, 1.54) is 0 Å². The third-order valence-corrected chi connectivity index (χ3v) is 3.97. The van der Waals surface area contributed by atoms with Crippen LogP contribution in [0.5, 0.6) is 0 Å². The van der Waals surface area contributed by atoms with Crippen molar-refractivity contribution in [2.24, 2.45) is 0 Å². The number of benzene rings is 2. The summed E-state index contributed by atoms with van der Waals surface area (Å²) in [5.41, 5.74) is 5.77. The fourth-order valence-corrected chi connectivity index (χ4v) is 2.84. The van der Waals surface area contributed by atoms with Crippen LogP contribution in [0.3, 0.4) is 0 Å². The quantitative estimate of drug-likeness (QED) is 0.887. The van der Waals surface area contributed by atoms with Gasteiger partial charge in [-0.2, -0.15) is 0 Å². The molecule has 1 aliphatic heterocycles. The first kappa shape index (κ1) is 13.8. The van der Waals surface area contributed by atoms with Crippen LogP contribution >= 0.6 is 0 Å². The zero-order chi connectivity index (χ0) is 15.0. The molecular weight excluding hydrogens is 262 g/mol. The van der Waals surface area contributed by atoms with Gasteiger partial charge in [-0.05, 0) is 31.4 Å². The van der Waals surface area contributed by atoms with Gasteiger partial charge in [0.25, 0.3) is 0 Å². The predicted molar refractivity (Wildman–Crippen MR) is 83.4 cm³/mol. The van der Waals surface area contributed by atoms with Crippen molar-refractivity contribution in [2.75, 3.05) is 5.32 Å². The normalized spacial score (nSPS) is 15.3. The highest BCUT2D eigenvalue weighted by atomic mass is 16.3. The van der Waals surface area contributed by atoms with Crippen LogP contribution in [0.25, 0.3) is 0 Å². The van der Waals surface area contributed by atoms with Crippen LogP contribution in [0.4, 0.5) is 5.69 Å². The summed E-state index contributed by atoms with van der Waals surface area (Å²) in [6.45, 7) is 4.03. The Morgan fingerprint density at radius 3 is 2.48 bits per heavy atom. The number of hydrogen-bond donors (Lipinski definition) is 2. The Labute approximate surface area is 124 Å². The molecule has 0 spiro atoms. The van der Waals surface area contributed by atoms with Crippen molar-refractivity contribution in [1.82, 2.24) is 0 Å². The molecule has 1 unspecified atom stereocenters. The summed E-state index contributed by atoms with van der Waals surface area (Å²) < 4.78 is 0. The number of nitrogens with one attached hydrogen (secondary N) is 1. The lowest BCUT2D eigenvalue weighted by atomic mass is 9.91. The minimum absolute atomic E-state index is 0.0173. The molecule has 0 fully saturated rings. The lowest BCUT2D eigenvalue weighted by molar-refractivity contribution is -0.116. The Morgan fingerprint density at radius 2 is 1.76 bits per heavy atom. The molecule has 0 aliphatic carbocycles. The van der Waals surface area contributed by atoms with Crippen LogP contribution in [-0.2, 0) is 11.2 Å². The molecule has 0 aromatic heterocycles. The van der Waals surface area contributed by atoms with Gasteiger partial charge in [0.15, 0.2) is 0 Å². The zero-order valence-corrected chi connectivity index (χ0v) is 12.3. The van der Waals surface area contributed by atoms with E-state index in [0.717, 1.165) is 39.9 Å². The van der Waals surface area contributed by atoms with Gasteiger partial charge < -0.3 is 10.4 Å². The highest BCUT2D eigenvalue weighted by Crippen LogP contribution is 2.35. The summed E-state index contributed by atoms with van der Waals surface area (Å²) in [5.74, 6) is 0.0173. The van der Waals surface area contributed by atoms with Gasteiger partial charge in [0.05, 0.1) is 5.69 Å². The highest BCUT2D eigenvalue weighted by molar-refractivity contribution is 5.95. The van der Waals surface area contributed by atoms with E-state index < -0.39 is 6.10 Å². The molecule has 3 rings (SSSR count). The average Bonchev–Trinajstić information content (AvgIpc) is 2.47. The summed E-state index contributed by atoms with van der Waals surface area (Å²) >= 11 is 0. The minimum atomic E-state index is -0.724. The van der Waals surface area contributed by atoms with Gasteiger partial charge in [0.2, 0.25) is 5.91 Å². The molecule has 1 atom stereocenters. The Kier molecular flexibility index (Phi) is 3.52. The number of aryl methyl sites for hydroxylation is 3. The third-order valence-electron chi connectivity index (χ3n) is 3.97. The zero-order valence-electron chi connectivity index (χ0n) is 12.3. The van der Waals surface area contributed by atoms with Crippen molar-refractivity contribution in [2.45, 2.75) is 32.8 Å². The summed E-state index contributed by atoms with van der Waals surface area (Å²) in [6.07, 6.45) is 0.519. The van der Waals surface area contributed by atoms with Crippen molar-refractivity contribution in [1.29, 1.82) is 0 Å². The first-order chi connectivity index (χ1) is 10.0. The third kappa shape index (κ3) is 2.69. The van der Waals surface area contributed by atoms with Crippen LogP contribution in [0, 0.1) is 13.8 Å². The van der Waals surface area contributed by atoms with E-state index in [1.54, 1.807) is 0 Å². The smallest absolute Gasteiger partial charge is 0.224 e. The van der Waals surface area contributed by atoms with E-state index in [-0.39, 0.29) is 5.91 Å². The number of anilines is 1. The molecule has 0 saturated heterocycles. The first-order valence-corrected chi connectivity index (χ1v) is 7.22. The van der Waals surface area contributed by atoms with Gasteiger partial charge in [-0.1, -0.05) is 47.5 Å². The Balaban J connectivity index is 2.07. The van der Waals surface area contributed by atoms with E-state index in [2.05, 4.69) is 11.4 Å². The maximum Gasteiger partial charge on any atom is 0.224 e. The first-order valence-electron chi connectivity index (χ1n) is 7.22. The van der Waals surface area contributed by atoms with Crippen LogP contribution < -0.4 is 5.32 Å². The van der Waals surface area contributed by atoms with E-state index in [0.29, 0.717) is 6.42 Å². The minimum Gasteiger partial charge on any atom is -0.384 e. The maximum absolute atomic E-state index is 11.7. The molecular formula is C18H19NO2. The predicted octanol–water partition coefficient (Wildman–Crippen LogP) is 3.27. The van der Waals surface area contributed by atoms with Crippen LogP contribution in [0.2, 0.25) is 0 Å². The largest absolute Gasteiger partial charge is 0.384 e. The second-order valence-corrected chi connectivity index (χ2v) is 5.75. The van der Waals surface area contributed by atoms with Crippen molar-refractivity contribution in [3.63, 3.8) is 0 Å². The van der Waals surface area contributed by atoms with Gasteiger partial charge in [-0.3, -0.25) is 4.79 Å². The molecule has 1 aliphatic rings.